The van der Waals surface area contributed by atoms with E-state index in [1.54, 1.807) is 11.1 Å². The van der Waals surface area contributed by atoms with E-state index in [-0.39, 0.29) is 72.4 Å². The van der Waals surface area contributed by atoms with Crippen LogP contribution in [0.1, 0.15) is 46.2 Å². The first kappa shape index (κ1) is 34.7. The van der Waals surface area contributed by atoms with Crippen LogP contribution in [0, 0.1) is 29.0 Å². The number of piperazine rings is 1. The fourth-order valence-corrected chi connectivity index (χ4v) is 7.57. The van der Waals surface area contributed by atoms with Crippen LogP contribution in [-0.2, 0) is 4.79 Å². The van der Waals surface area contributed by atoms with Crippen LogP contribution >= 0.6 is 46.4 Å². The second kappa shape index (κ2) is 13.1. The number of nitrogens with zero attached hydrogens (tertiary/aromatic N) is 6. The van der Waals surface area contributed by atoms with Crippen molar-refractivity contribution in [3.05, 3.63) is 72.8 Å². The average Bonchev–Trinajstić information content (AvgIpc) is 3.02. The van der Waals surface area contributed by atoms with E-state index in [0.29, 0.717) is 29.9 Å². The van der Waals surface area contributed by atoms with E-state index in [0.717, 1.165) is 0 Å². The van der Waals surface area contributed by atoms with Gasteiger partial charge in [0.2, 0.25) is 5.91 Å². The number of hydrogen-bond acceptors (Lipinski definition) is 7. The van der Waals surface area contributed by atoms with Crippen LogP contribution in [0.15, 0.2) is 40.8 Å². The van der Waals surface area contributed by atoms with E-state index in [9.17, 15) is 14.9 Å². The molecule has 0 saturated carbocycles. The standard InChI is InChI=1S/C33H32Cl4FN7O2/c1-7-21(46)44-16(5)12-43(13-17(44)6)31-18-10-20(34)29(22-23(35)24(36)25(37)27(40)26(22)38)42-32(18)45(33(47)19(31)11-39)30-15(4)8-9-41-28(30)14(2)3/h7-10,14-17,30H,1,12-13,40H2,2-6H3/t15?,16-,17+,30-/m1/s1. The number of amides is 1. The van der Waals surface area contributed by atoms with Crippen molar-refractivity contribution in [3.63, 3.8) is 0 Å². The van der Waals surface area contributed by atoms with Crippen molar-refractivity contribution >= 4 is 80.4 Å². The van der Waals surface area contributed by atoms with Crippen LogP contribution in [0.5, 0.6) is 0 Å². The zero-order valence-corrected chi connectivity index (χ0v) is 29.3. The van der Waals surface area contributed by atoms with Gasteiger partial charge in [0.1, 0.15) is 17.3 Å². The van der Waals surface area contributed by atoms with E-state index in [2.05, 4.69) is 17.6 Å². The summed E-state index contributed by atoms with van der Waals surface area (Å²) in [6.45, 7) is 13.8. The molecular formula is C33H32Cl4FN7O2. The minimum Gasteiger partial charge on any atom is -0.395 e. The van der Waals surface area contributed by atoms with Crippen LogP contribution < -0.4 is 16.2 Å². The summed E-state index contributed by atoms with van der Waals surface area (Å²) in [5, 5.41) is 10.2. The number of carbonyl (C=O) groups is 1. The summed E-state index contributed by atoms with van der Waals surface area (Å²) in [5.74, 6) is -1.52. The van der Waals surface area contributed by atoms with E-state index in [1.165, 1.54) is 16.7 Å². The Labute approximate surface area is 291 Å². The largest absolute Gasteiger partial charge is 0.395 e. The third-order valence-corrected chi connectivity index (χ3v) is 10.3. The van der Waals surface area contributed by atoms with Crippen LogP contribution in [0.3, 0.4) is 0 Å². The molecule has 47 heavy (non-hydrogen) atoms. The lowest BCUT2D eigenvalue weighted by Crippen LogP contribution is -2.58. The SMILES string of the molecule is C=CC(=O)N1[C@H](C)CN(c2c(C#N)c(=O)n([C@H]3C(C(C)C)=NC=CC3C)c3nc(-c4c(F)c(N)c(Cl)c(Cl)c4Cl)c(Cl)cc23)C[C@@H]1C. The van der Waals surface area contributed by atoms with Gasteiger partial charge in [0.05, 0.1) is 48.8 Å². The highest BCUT2D eigenvalue weighted by molar-refractivity contribution is 6.50. The van der Waals surface area contributed by atoms with Gasteiger partial charge >= 0.3 is 0 Å². The molecule has 0 bridgehead atoms. The Morgan fingerprint density at radius 3 is 2.36 bits per heavy atom. The number of allylic oxidation sites excluding steroid dienone is 1. The number of aliphatic imine (C=N–C) groups is 1. The highest BCUT2D eigenvalue weighted by Crippen LogP contribution is 2.47. The monoisotopic (exact) mass is 717 g/mol. The van der Waals surface area contributed by atoms with Gasteiger partial charge in [-0.15, -0.1) is 0 Å². The molecule has 1 aromatic carbocycles. The topological polar surface area (TPSA) is 121 Å². The van der Waals surface area contributed by atoms with E-state index < -0.39 is 23.1 Å². The number of hydrogen-bond donors (Lipinski definition) is 1. The molecule has 0 aliphatic carbocycles. The van der Waals surface area contributed by atoms with Gasteiger partial charge in [0, 0.05) is 48.4 Å². The third-order valence-electron chi connectivity index (χ3n) is 8.70. The van der Waals surface area contributed by atoms with Crippen LogP contribution in [0.4, 0.5) is 15.8 Å². The number of benzene rings is 1. The van der Waals surface area contributed by atoms with Gasteiger partial charge in [0.15, 0.2) is 5.82 Å². The molecule has 5 rings (SSSR count). The second-order valence-corrected chi connectivity index (χ2v) is 13.7. The molecule has 9 nitrogen and oxygen atoms in total. The lowest BCUT2D eigenvalue weighted by Gasteiger charge is -2.45. The number of pyridine rings is 2. The molecule has 0 spiro atoms. The zero-order chi connectivity index (χ0) is 34.6. The predicted molar refractivity (Wildman–Crippen MR) is 188 cm³/mol. The minimum absolute atomic E-state index is 0.0395. The summed E-state index contributed by atoms with van der Waals surface area (Å²) in [5.41, 5.74) is 5.47. The second-order valence-electron chi connectivity index (χ2n) is 12.2. The Kier molecular flexibility index (Phi) is 9.69. The maximum absolute atomic E-state index is 15.8. The van der Waals surface area contributed by atoms with Gasteiger partial charge in [0.25, 0.3) is 5.56 Å². The molecule has 1 unspecified atom stereocenters. The molecule has 2 aliphatic rings. The Bertz CT molecular complexity index is 1960. The number of fused-ring (bicyclic) bond motifs is 1. The zero-order valence-electron chi connectivity index (χ0n) is 26.3. The molecule has 3 aromatic rings. The fraction of sp³-hybridized carbons (Fsp3) is 0.364. The van der Waals surface area contributed by atoms with Crippen molar-refractivity contribution in [3.8, 4) is 17.3 Å². The lowest BCUT2D eigenvalue weighted by atomic mass is 9.88. The summed E-state index contributed by atoms with van der Waals surface area (Å²) in [6, 6.07) is 2.43. The van der Waals surface area contributed by atoms with Gasteiger partial charge in [-0.3, -0.25) is 19.1 Å². The van der Waals surface area contributed by atoms with Crippen LogP contribution in [-0.4, -0.2) is 51.2 Å². The molecule has 1 fully saturated rings. The molecule has 1 saturated heterocycles. The van der Waals surface area contributed by atoms with Crippen molar-refractivity contribution in [2.24, 2.45) is 16.8 Å². The molecule has 4 atom stereocenters. The van der Waals surface area contributed by atoms with Crippen LogP contribution in [0.25, 0.3) is 22.3 Å². The fourth-order valence-electron chi connectivity index (χ4n) is 6.63. The average molecular weight is 719 g/mol. The Morgan fingerprint density at radius 1 is 1.15 bits per heavy atom. The van der Waals surface area contributed by atoms with Gasteiger partial charge in [-0.2, -0.15) is 5.26 Å². The number of anilines is 2. The molecule has 2 N–H and O–H groups in total. The third kappa shape index (κ3) is 5.67. The van der Waals surface area contributed by atoms with Gasteiger partial charge < -0.3 is 15.5 Å². The summed E-state index contributed by atoms with van der Waals surface area (Å²) in [6.07, 6.45) is 4.82. The first-order valence-corrected chi connectivity index (χ1v) is 16.4. The minimum atomic E-state index is -0.982. The molecule has 2 aliphatic heterocycles. The Morgan fingerprint density at radius 2 is 1.79 bits per heavy atom. The van der Waals surface area contributed by atoms with Crippen molar-refractivity contribution in [2.45, 2.75) is 52.7 Å². The Balaban J connectivity index is 1.91. The summed E-state index contributed by atoms with van der Waals surface area (Å²) < 4.78 is 17.2. The van der Waals surface area contributed by atoms with Crippen molar-refractivity contribution in [2.75, 3.05) is 23.7 Å². The quantitative estimate of drug-likeness (QED) is 0.125. The number of halogens is 5. The molecule has 1 amide bonds. The van der Waals surface area contributed by atoms with Gasteiger partial charge in [-0.25, -0.2) is 9.37 Å². The molecule has 0 radical (unpaired) electrons. The number of carbonyl (C=O) groups excluding carboxylic acids is 1. The number of rotatable bonds is 5. The Hall–Kier alpha value is -3.62. The maximum atomic E-state index is 15.8. The molecule has 4 heterocycles. The summed E-state index contributed by atoms with van der Waals surface area (Å²) in [4.78, 5) is 40.3. The summed E-state index contributed by atoms with van der Waals surface area (Å²) >= 11 is 25.9. The lowest BCUT2D eigenvalue weighted by molar-refractivity contribution is -0.130. The smallest absolute Gasteiger partial charge is 0.272 e. The van der Waals surface area contributed by atoms with Gasteiger partial charge in [-0.1, -0.05) is 79.8 Å². The number of nitrogen functional groups attached to an aromatic ring is 1. The van der Waals surface area contributed by atoms with Crippen LogP contribution in [0.2, 0.25) is 20.1 Å². The highest BCUT2D eigenvalue weighted by Gasteiger charge is 2.37. The normalized spacial score (nSPS) is 21.3. The van der Waals surface area contributed by atoms with E-state index >= 15 is 4.39 Å². The van der Waals surface area contributed by atoms with Gasteiger partial charge in [-0.05, 0) is 31.9 Å². The molecule has 14 heteroatoms. The van der Waals surface area contributed by atoms with Crippen molar-refractivity contribution < 1.29 is 9.18 Å². The highest BCUT2D eigenvalue weighted by atomic mass is 35.5. The van der Waals surface area contributed by atoms with E-state index in [4.69, 9.17) is 57.1 Å². The van der Waals surface area contributed by atoms with E-state index in [1.807, 2.05) is 45.6 Å². The molecule has 2 aromatic heterocycles. The number of aromatic nitrogens is 2. The maximum Gasteiger partial charge on any atom is 0.272 e. The first-order valence-electron chi connectivity index (χ1n) is 14.9. The first-order chi connectivity index (χ1) is 22.2. The van der Waals surface area contributed by atoms with Crippen molar-refractivity contribution in [1.82, 2.24) is 14.5 Å². The predicted octanol–water partition coefficient (Wildman–Crippen LogP) is 7.68. The number of nitriles is 1. The molecular weight excluding hydrogens is 687 g/mol. The van der Waals surface area contributed by atoms with Crippen molar-refractivity contribution in [1.29, 1.82) is 5.26 Å². The summed E-state index contributed by atoms with van der Waals surface area (Å²) in [7, 11) is 0. The molecule has 246 valence electrons. The number of nitrogens with two attached hydrogens (primary N) is 1.